The largest absolute Gasteiger partial charge is 0.478 e. The predicted molar refractivity (Wildman–Crippen MR) is 50.8 cm³/mol. The smallest absolute Gasteiger partial charge is 0.338 e. The van der Waals surface area contributed by atoms with E-state index >= 15 is 0 Å². The van der Waals surface area contributed by atoms with E-state index in [9.17, 15) is 9.18 Å². The normalized spacial score (nSPS) is 9.92. The highest BCUT2D eigenvalue weighted by Crippen LogP contribution is 2.16. The van der Waals surface area contributed by atoms with Gasteiger partial charge in [0.1, 0.15) is 5.82 Å². The maximum Gasteiger partial charge on any atom is 0.338 e. The minimum Gasteiger partial charge on any atom is -0.478 e. The molecule has 0 saturated heterocycles. The van der Waals surface area contributed by atoms with E-state index in [1.165, 1.54) is 6.07 Å². The van der Waals surface area contributed by atoms with E-state index in [1.54, 1.807) is 13.0 Å². The van der Waals surface area contributed by atoms with Gasteiger partial charge >= 0.3 is 5.97 Å². The van der Waals surface area contributed by atoms with Gasteiger partial charge in [-0.25, -0.2) is 9.18 Å². The highest BCUT2D eigenvalue weighted by atomic mass is 127. The minimum absolute atomic E-state index is 0.264. The third-order valence-electron chi connectivity index (χ3n) is 1.45. The summed E-state index contributed by atoms with van der Waals surface area (Å²) in [4.78, 5) is 10.5. The number of carbonyl (C=O) groups is 1. The van der Waals surface area contributed by atoms with E-state index in [2.05, 4.69) is 0 Å². The Kier molecular flexibility index (Phi) is 2.66. The second-order valence-electron chi connectivity index (χ2n) is 2.39. The molecular weight excluding hydrogens is 274 g/mol. The zero-order chi connectivity index (χ0) is 9.30. The summed E-state index contributed by atoms with van der Waals surface area (Å²) in [6, 6.07) is 2.91. The van der Waals surface area contributed by atoms with Gasteiger partial charge in [-0.05, 0) is 47.2 Å². The Hall–Kier alpha value is -0.650. The van der Waals surface area contributed by atoms with E-state index in [-0.39, 0.29) is 5.56 Å². The van der Waals surface area contributed by atoms with Crippen LogP contribution in [0, 0.1) is 16.3 Å². The zero-order valence-electron chi connectivity index (χ0n) is 6.27. The molecule has 0 bridgehead atoms. The third-order valence-corrected chi connectivity index (χ3v) is 2.07. The highest BCUT2D eigenvalue weighted by molar-refractivity contribution is 14.1. The molecule has 1 aromatic rings. The molecule has 0 aliphatic heterocycles. The molecule has 4 heteroatoms. The molecule has 0 aromatic heterocycles. The van der Waals surface area contributed by atoms with E-state index in [0.717, 1.165) is 3.57 Å². The van der Waals surface area contributed by atoms with Gasteiger partial charge in [-0.3, -0.25) is 0 Å². The van der Waals surface area contributed by atoms with Crippen LogP contribution in [0.1, 0.15) is 15.9 Å². The van der Waals surface area contributed by atoms with Crippen molar-refractivity contribution in [3.8, 4) is 0 Å². The molecule has 0 unspecified atom stereocenters. The lowest BCUT2D eigenvalue weighted by molar-refractivity contribution is 0.0691. The maximum absolute atomic E-state index is 13.0. The Bertz CT molecular complexity index is 336. The Morgan fingerprint density at radius 3 is 2.67 bits per heavy atom. The summed E-state index contributed by atoms with van der Waals surface area (Å²) in [5.74, 6) is -1.88. The van der Waals surface area contributed by atoms with Crippen molar-refractivity contribution >= 4 is 28.6 Å². The lowest BCUT2D eigenvalue weighted by Crippen LogP contribution is -2.02. The first kappa shape index (κ1) is 9.44. The summed E-state index contributed by atoms with van der Waals surface area (Å²) >= 11 is 1.95. The monoisotopic (exact) mass is 280 g/mol. The topological polar surface area (TPSA) is 37.3 Å². The SMILES string of the molecule is Cc1cc(I)cc(C(=O)O)c1F. The molecule has 0 saturated carbocycles. The number of carboxylic acids is 1. The van der Waals surface area contributed by atoms with Crippen molar-refractivity contribution in [1.82, 2.24) is 0 Å². The summed E-state index contributed by atoms with van der Waals surface area (Å²) in [6.07, 6.45) is 0. The van der Waals surface area contributed by atoms with Crippen molar-refractivity contribution in [2.75, 3.05) is 0 Å². The number of carboxylic acid groups (broad SMARTS) is 1. The van der Waals surface area contributed by atoms with Gasteiger partial charge in [0.2, 0.25) is 0 Å². The molecule has 1 rings (SSSR count). The van der Waals surface area contributed by atoms with Crippen molar-refractivity contribution in [2.45, 2.75) is 6.92 Å². The highest BCUT2D eigenvalue weighted by Gasteiger charge is 2.12. The molecule has 0 spiro atoms. The molecule has 12 heavy (non-hydrogen) atoms. The summed E-state index contributed by atoms with van der Waals surface area (Å²) in [7, 11) is 0. The maximum atomic E-state index is 13.0. The Morgan fingerprint density at radius 1 is 1.58 bits per heavy atom. The number of rotatable bonds is 1. The summed E-state index contributed by atoms with van der Waals surface area (Å²) in [5.41, 5.74) is 0.0960. The van der Waals surface area contributed by atoms with E-state index in [0.29, 0.717) is 5.56 Å². The van der Waals surface area contributed by atoms with Crippen LogP contribution in [0.15, 0.2) is 12.1 Å². The van der Waals surface area contributed by atoms with Crippen LogP contribution in [-0.2, 0) is 0 Å². The van der Waals surface area contributed by atoms with Gasteiger partial charge in [0.05, 0.1) is 5.56 Å². The van der Waals surface area contributed by atoms with Crippen molar-refractivity contribution in [2.24, 2.45) is 0 Å². The Morgan fingerprint density at radius 2 is 2.17 bits per heavy atom. The summed E-state index contributed by atoms with van der Waals surface area (Å²) < 4.78 is 13.8. The molecule has 0 amide bonds. The van der Waals surface area contributed by atoms with E-state index in [1.807, 2.05) is 22.6 Å². The van der Waals surface area contributed by atoms with Gasteiger partial charge in [0, 0.05) is 3.57 Å². The molecule has 0 fully saturated rings. The molecular formula is C8H6FIO2. The second kappa shape index (κ2) is 3.38. The van der Waals surface area contributed by atoms with Gasteiger partial charge in [0.15, 0.2) is 0 Å². The standard InChI is InChI=1S/C8H6FIO2/c1-4-2-5(10)3-6(7(4)9)8(11)12/h2-3H,1H3,(H,11,12). The molecule has 1 N–H and O–H groups in total. The lowest BCUT2D eigenvalue weighted by atomic mass is 10.1. The summed E-state index contributed by atoms with van der Waals surface area (Å²) in [6.45, 7) is 1.55. The first-order valence-electron chi connectivity index (χ1n) is 3.21. The summed E-state index contributed by atoms with van der Waals surface area (Å²) in [5, 5.41) is 8.57. The zero-order valence-corrected chi connectivity index (χ0v) is 8.42. The molecule has 2 nitrogen and oxygen atoms in total. The minimum atomic E-state index is -1.23. The molecule has 0 radical (unpaired) electrons. The predicted octanol–water partition coefficient (Wildman–Crippen LogP) is 2.44. The van der Waals surface area contributed by atoms with Gasteiger partial charge < -0.3 is 5.11 Å². The number of aromatic carboxylic acids is 1. The number of hydrogen-bond acceptors (Lipinski definition) is 1. The molecule has 1 aromatic carbocycles. The van der Waals surface area contributed by atoms with Crippen LogP contribution in [0.2, 0.25) is 0 Å². The first-order chi connectivity index (χ1) is 5.52. The average molecular weight is 280 g/mol. The van der Waals surface area contributed by atoms with Crippen molar-refractivity contribution in [1.29, 1.82) is 0 Å². The Labute approximate surface area is 82.5 Å². The fourth-order valence-corrected chi connectivity index (χ4v) is 1.66. The van der Waals surface area contributed by atoms with Crippen LogP contribution < -0.4 is 0 Å². The van der Waals surface area contributed by atoms with Crippen LogP contribution in [0.5, 0.6) is 0 Å². The van der Waals surface area contributed by atoms with Crippen molar-refractivity contribution in [3.05, 3.63) is 32.6 Å². The van der Waals surface area contributed by atoms with Crippen LogP contribution in [-0.4, -0.2) is 11.1 Å². The Balaban J connectivity index is 3.37. The van der Waals surface area contributed by atoms with Crippen LogP contribution in [0.25, 0.3) is 0 Å². The second-order valence-corrected chi connectivity index (χ2v) is 3.64. The number of halogens is 2. The van der Waals surface area contributed by atoms with E-state index in [4.69, 9.17) is 5.11 Å². The van der Waals surface area contributed by atoms with Crippen molar-refractivity contribution in [3.63, 3.8) is 0 Å². The van der Waals surface area contributed by atoms with Gasteiger partial charge in [0.25, 0.3) is 0 Å². The molecule has 0 aliphatic carbocycles. The fraction of sp³-hybridized carbons (Fsp3) is 0.125. The molecule has 0 heterocycles. The number of hydrogen-bond donors (Lipinski definition) is 1. The lowest BCUT2D eigenvalue weighted by Gasteiger charge is -2.01. The fourth-order valence-electron chi connectivity index (χ4n) is 0.881. The van der Waals surface area contributed by atoms with Crippen LogP contribution in [0.4, 0.5) is 4.39 Å². The van der Waals surface area contributed by atoms with Crippen molar-refractivity contribution < 1.29 is 14.3 Å². The van der Waals surface area contributed by atoms with Gasteiger partial charge in [-0.1, -0.05) is 0 Å². The third kappa shape index (κ3) is 1.74. The molecule has 0 atom stereocenters. The quantitative estimate of drug-likeness (QED) is 0.802. The molecule has 64 valence electrons. The van der Waals surface area contributed by atoms with Crippen LogP contribution >= 0.6 is 22.6 Å². The average Bonchev–Trinajstić information content (AvgIpc) is 1.96. The van der Waals surface area contributed by atoms with Gasteiger partial charge in [-0.2, -0.15) is 0 Å². The number of benzene rings is 1. The number of aryl methyl sites for hydroxylation is 1. The first-order valence-corrected chi connectivity index (χ1v) is 4.29. The molecule has 0 aliphatic rings. The van der Waals surface area contributed by atoms with Gasteiger partial charge in [-0.15, -0.1) is 0 Å². The van der Waals surface area contributed by atoms with E-state index < -0.39 is 11.8 Å². The van der Waals surface area contributed by atoms with Crippen LogP contribution in [0.3, 0.4) is 0 Å².